The summed E-state index contributed by atoms with van der Waals surface area (Å²) >= 11 is 0. The standard InChI is InChI=1S/C29H40O2/c1-4-7-10-15-23-18-19-26-27(22-23)29(31-21-14-9-6-3)25-17-12-11-16-24(25)28(26)30-20-13-8-5-2/h11-12,16-19,22H,4-10,13-15,20-21H2,1-3H3. The molecule has 168 valence electrons. The molecule has 3 aromatic rings. The molecule has 0 heterocycles. The van der Waals surface area contributed by atoms with Crippen LogP contribution in [0.25, 0.3) is 21.5 Å². The van der Waals surface area contributed by atoms with Crippen molar-refractivity contribution in [1.82, 2.24) is 0 Å². The molecule has 0 atom stereocenters. The third-order valence-electron chi connectivity index (χ3n) is 6.05. The Kier molecular flexibility index (Phi) is 9.52. The zero-order chi connectivity index (χ0) is 21.9. The molecule has 0 aliphatic carbocycles. The third kappa shape index (κ3) is 6.15. The first kappa shape index (κ1) is 23.4. The highest BCUT2D eigenvalue weighted by molar-refractivity contribution is 6.11. The van der Waals surface area contributed by atoms with Gasteiger partial charge in [0.25, 0.3) is 0 Å². The van der Waals surface area contributed by atoms with Gasteiger partial charge in [0.1, 0.15) is 11.5 Å². The summed E-state index contributed by atoms with van der Waals surface area (Å²) in [4.78, 5) is 0. The van der Waals surface area contributed by atoms with Gasteiger partial charge >= 0.3 is 0 Å². The monoisotopic (exact) mass is 420 g/mol. The van der Waals surface area contributed by atoms with Crippen molar-refractivity contribution in [3.8, 4) is 11.5 Å². The van der Waals surface area contributed by atoms with Crippen LogP contribution in [0.2, 0.25) is 0 Å². The van der Waals surface area contributed by atoms with E-state index in [1.54, 1.807) is 0 Å². The van der Waals surface area contributed by atoms with E-state index in [-0.39, 0.29) is 0 Å². The minimum Gasteiger partial charge on any atom is -0.492 e. The summed E-state index contributed by atoms with van der Waals surface area (Å²) in [5, 5.41) is 4.72. The van der Waals surface area contributed by atoms with Gasteiger partial charge in [0.15, 0.2) is 0 Å². The van der Waals surface area contributed by atoms with E-state index in [4.69, 9.17) is 9.47 Å². The van der Waals surface area contributed by atoms with E-state index in [0.29, 0.717) is 0 Å². The number of rotatable bonds is 14. The predicted octanol–water partition coefficient (Wildman–Crippen LogP) is 8.86. The van der Waals surface area contributed by atoms with Crippen molar-refractivity contribution in [1.29, 1.82) is 0 Å². The van der Waals surface area contributed by atoms with Crippen LogP contribution in [0.5, 0.6) is 11.5 Å². The van der Waals surface area contributed by atoms with Crippen molar-refractivity contribution in [3.05, 3.63) is 48.0 Å². The Bertz CT molecular complexity index is 944. The molecule has 0 aromatic heterocycles. The molecular weight excluding hydrogens is 380 g/mol. The molecule has 0 bridgehead atoms. The van der Waals surface area contributed by atoms with Crippen LogP contribution in [0.1, 0.15) is 84.1 Å². The summed E-state index contributed by atoms with van der Waals surface area (Å²) in [5.41, 5.74) is 1.39. The van der Waals surface area contributed by atoms with Crippen LogP contribution in [-0.4, -0.2) is 13.2 Å². The summed E-state index contributed by atoms with van der Waals surface area (Å²) in [5.74, 6) is 2.04. The van der Waals surface area contributed by atoms with Crippen LogP contribution < -0.4 is 9.47 Å². The molecule has 2 heteroatoms. The Morgan fingerprint density at radius 1 is 0.548 bits per heavy atom. The minimum absolute atomic E-state index is 0.766. The van der Waals surface area contributed by atoms with Gasteiger partial charge in [-0.3, -0.25) is 0 Å². The van der Waals surface area contributed by atoms with Crippen LogP contribution in [-0.2, 0) is 6.42 Å². The van der Waals surface area contributed by atoms with Crippen LogP contribution in [0.3, 0.4) is 0 Å². The lowest BCUT2D eigenvalue weighted by molar-refractivity contribution is 0.308. The highest BCUT2D eigenvalue weighted by Gasteiger charge is 2.16. The normalized spacial score (nSPS) is 11.3. The Labute approximate surface area is 188 Å². The lowest BCUT2D eigenvalue weighted by Gasteiger charge is -2.19. The number of fused-ring (bicyclic) bond motifs is 2. The Morgan fingerprint density at radius 2 is 1.06 bits per heavy atom. The van der Waals surface area contributed by atoms with Gasteiger partial charge in [-0.05, 0) is 37.3 Å². The Morgan fingerprint density at radius 3 is 1.65 bits per heavy atom. The topological polar surface area (TPSA) is 18.5 Å². The largest absolute Gasteiger partial charge is 0.492 e. The summed E-state index contributed by atoms with van der Waals surface area (Å²) in [6, 6.07) is 15.5. The number of hydrogen-bond donors (Lipinski definition) is 0. The molecule has 0 amide bonds. The summed E-state index contributed by atoms with van der Waals surface area (Å²) in [6.07, 6.45) is 11.9. The van der Waals surface area contributed by atoms with E-state index in [0.717, 1.165) is 49.4 Å². The molecule has 0 saturated carbocycles. The second-order valence-corrected chi connectivity index (χ2v) is 8.65. The molecule has 0 N–H and O–H groups in total. The summed E-state index contributed by atoms with van der Waals surface area (Å²) < 4.78 is 12.9. The molecule has 0 aliphatic heterocycles. The quantitative estimate of drug-likeness (QED) is 0.191. The van der Waals surface area contributed by atoms with Gasteiger partial charge in [0.2, 0.25) is 0 Å². The van der Waals surface area contributed by atoms with E-state index in [1.807, 2.05) is 0 Å². The first-order valence-electron chi connectivity index (χ1n) is 12.5. The average molecular weight is 421 g/mol. The zero-order valence-corrected chi connectivity index (χ0v) is 19.8. The van der Waals surface area contributed by atoms with Gasteiger partial charge in [-0.25, -0.2) is 0 Å². The Balaban J connectivity index is 2.05. The van der Waals surface area contributed by atoms with E-state index in [2.05, 4.69) is 63.2 Å². The fraction of sp³-hybridized carbons (Fsp3) is 0.517. The first-order chi connectivity index (χ1) is 15.3. The number of ether oxygens (including phenoxy) is 2. The van der Waals surface area contributed by atoms with Crippen LogP contribution in [0.15, 0.2) is 42.5 Å². The first-order valence-corrected chi connectivity index (χ1v) is 12.5. The molecule has 31 heavy (non-hydrogen) atoms. The molecule has 3 aromatic carbocycles. The van der Waals surface area contributed by atoms with E-state index in [9.17, 15) is 0 Å². The minimum atomic E-state index is 0.766. The van der Waals surface area contributed by atoms with Crippen LogP contribution >= 0.6 is 0 Å². The molecule has 2 nitrogen and oxygen atoms in total. The van der Waals surface area contributed by atoms with Gasteiger partial charge in [-0.15, -0.1) is 0 Å². The van der Waals surface area contributed by atoms with Crippen molar-refractivity contribution in [2.75, 3.05) is 13.2 Å². The lowest BCUT2D eigenvalue weighted by atomic mass is 9.97. The molecule has 0 aliphatic rings. The molecule has 3 rings (SSSR count). The highest BCUT2D eigenvalue weighted by atomic mass is 16.5. The predicted molar refractivity (Wildman–Crippen MR) is 135 cm³/mol. The van der Waals surface area contributed by atoms with Crippen LogP contribution in [0.4, 0.5) is 0 Å². The average Bonchev–Trinajstić information content (AvgIpc) is 2.80. The van der Waals surface area contributed by atoms with Crippen LogP contribution in [0, 0.1) is 0 Å². The zero-order valence-electron chi connectivity index (χ0n) is 19.8. The van der Waals surface area contributed by atoms with Gasteiger partial charge in [0.05, 0.1) is 13.2 Å². The fourth-order valence-corrected chi connectivity index (χ4v) is 4.24. The van der Waals surface area contributed by atoms with Gasteiger partial charge in [0, 0.05) is 21.5 Å². The second-order valence-electron chi connectivity index (χ2n) is 8.65. The maximum absolute atomic E-state index is 6.46. The maximum atomic E-state index is 6.46. The van der Waals surface area contributed by atoms with Gasteiger partial charge in [-0.2, -0.15) is 0 Å². The lowest BCUT2D eigenvalue weighted by Crippen LogP contribution is -2.02. The van der Waals surface area contributed by atoms with E-state index >= 15 is 0 Å². The molecule has 0 radical (unpaired) electrons. The van der Waals surface area contributed by atoms with Crippen molar-refractivity contribution in [3.63, 3.8) is 0 Å². The number of unbranched alkanes of at least 4 members (excludes halogenated alkanes) is 6. The van der Waals surface area contributed by atoms with Gasteiger partial charge in [-0.1, -0.05) is 95.7 Å². The van der Waals surface area contributed by atoms with Crippen molar-refractivity contribution in [2.45, 2.75) is 85.0 Å². The number of aryl methyl sites for hydroxylation is 1. The summed E-state index contributed by atoms with van der Waals surface area (Å²) in [7, 11) is 0. The Hall–Kier alpha value is -2.22. The second kappa shape index (κ2) is 12.6. The summed E-state index contributed by atoms with van der Waals surface area (Å²) in [6.45, 7) is 8.26. The molecule has 0 saturated heterocycles. The van der Waals surface area contributed by atoms with Crippen molar-refractivity contribution < 1.29 is 9.47 Å². The smallest absolute Gasteiger partial charge is 0.135 e. The highest BCUT2D eigenvalue weighted by Crippen LogP contribution is 2.43. The molecule has 0 fully saturated rings. The van der Waals surface area contributed by atoms with E-state index < -0.39 is 0 Å². The third-order valence-corrected chi connectivity index (χ3v) is 6.05. The van der Waals surface area contributed by atoms with Crippen molar-refractivity contribution >= 4 is 21.5 Å². The maximum Gasteiger partial charge on any atom is 0.135 e. The SMILES string of the molecule is CCCCCOc1c2ccccc2c(OCCCCC)c2cc(CCCCC)ccc12. The molecule has 0 unspecified atom stereocenters. The van der Waals surface area contributed by atoms with Crippen molar-refractivity contribution in [2.24, 2.45) is 0 Å². The number of benzene rings is 3. The van der Waals surface area contributed by atoms with Gasteiger partial charge < -0.3 is 9.47 Å². The molecule has 0 spiro atoms. The fourth-order valence-electron chi connectivity index (χ4n) is 4.24. The molecular formula is C29H40O2. The number of hydrogen-bond acceptors (Lipinski definition) is 2. The van der Waals surface area contributed by atoms with E-state index in [1.165, 1.54) is 66.7 Å².